The van der Waals surface area contributed by atoms with Crippen LogP contribution < -0.4 is 5.73 Å². The van der Waals surface area contributed by atoms with Gasteiger partial charge in [0.05, 0.1) is 12.3 Å². The lowest BCUT2D eigenvalue weighted by atomic mass is 10.2. The summed E-state index contributed by atoms with van der Waals surface area (Å²) in [6.07, 6.45) is 6.12. The van der Waals surface area contributed by atoms with E-state index in [-0.39, 0.29) is 11.5 Å². The number of hydrogen-bond acceptors (Lipinski definition) is 2. The Morgan fingerprint density at radius 1 is 1.18 bits per heavy atom. The first-order chi connectivity index (χ1) is 8.24. The van der Waals surface area contributed by atoms with E-state index in [1.807, 2.05) is 0 Å². The van der Waals surface area contributed by atoms with E-state index in [2.05, 4.69) is 6.92 Å². The van der Waals surface area contributed by atoms with Gasteiger partial charge in [0, 0.05) is 6.61 Å². The number of unbranched alkanes of at least 4 members (excludes halogenated alkanes) is 4. The highest BCUT2D eigenvalue weighted by Crippen LogP contribution is 2.13. The monoisotopic (exact) mass is 239 g/mol. The van der Waals surface area contributed by atoms with E-state index in [0.717, 1.165) is 18.6 Å². The van der Waals surface area contributed by atoms with Crippen molar-refractivity contribution in [2.24, 2.45) is 0 Å². The van der Waals surface area contributed by atoms with Crippen LogP contribution in [-0.2, 0) is 11.3 Å². The van der Waals surface area contributed by atoms with Crippen molar-refractivity contribution < 1.29 is 9.13 Å². The Morgan fingerprint density at radius 2 is 1.94 bits per heavy atom. The molecule has 0 saturated carbocycles. The van der Waals surface area contributed by atoms with Gasteiger partial charge in [-0.3, -0.25) is 0 Å². The lowest BCUT2D eigenvalue weighted by Gasteiger charge is -2.05. The zero-order valence-corrected chi connectivity index (χ0v) is 10.5. The Balaban J connectivity index is 2.11. The smallest absolute Gasteiger partial charge is 0.146 e. The van der Waals surface area contributed by atoms with Gasteiger partial charge in [0.2, 0.25) is 0 Å². The molecule has 0 aliphatic heterocycles. The third-order valence-electron chi connectivity index (χ3n) is 2.73. The third kappa shape index (κ3) is 5.68. The van der Waals surface area contributed by atoms with Gasteiger partial charge in [0.1, 0.15) is 5.82 Å². The summed E-state index contributed by atoms with van der Waals surface area (Å²) in [5.74, 6) is -0.367. The Bertz CT molecular complexity index is 328. The highest BCUT2D eigenvalue weighted by Gasteiger charge is 2.00. The molecule has 0 aromatic heterocycles. The molecule has 2 nitrogen and oxygen atoms in total. The van der Waals surface area contributed by atoms with Gasteiger partial charge < -0.3 is 10.5 Å². The second-order valence-electron chi connectivity index (χ2n) is 4.32. The lowest BCUT2D eigenvalue weighted by molar-refractivity contribution is 0.116. The Hall–Kier alpha value is -1.09. The first-order valence-electron chi connectivity index (χ1n) is 6.35. The zero-order chi connectivity index (χ0) is 12.5. The molecule has 0 heterocycles. The standard InChI is InChI=1S/C14H22FNO/c1-2-3-4-5-6-9-17-11-12-7-8-14(16)13(15)10-12/h7-8,10H,2-6,9,11,16H2,1H3. The fourth-order valence-electron chi connectivity index (χ4n) is 1.66. The van der Waals surface area contributed by atoms with Crippen molar-refractivity contribution in [3.8, 4) is 0 Å². The van der Waals surface area contributed by atoms with Gasteiger partial charge >= 0.3 is 0 Å². The molecule has 1 aromatic rings. The van der Waals surface area contributed by atoms with E-state index >= 15 is 0 Å². The molecule has 96 valence electrons. The van der Waals surface area contributed by atoms with Crippen molar-refractivity contribution in [3.63, 3.8) is 0 Å². The van der Waals surface area contributed by atoms with Gasteiger partial charge in [-0.25, -0.2) is 4.39 Å². The highest BCUT2D eigenvalue weighted by atomic mass is 19.1. The Labute approximate surface area is 103 Å². The average Bonchev–Trinajstić information content (AvgIpc) is 2.32. The van der Waals surface area contributed by atoms with Crippen LogP contribution in [0.25, 0.3) is 0 Å². The maximum Gasteiger partial charge on any atom is 0.146 e. The van der Waals surface area contributed by atoms with Crippen molar-refractivity contribution in [3.05, 3.63) is 29.6 Å². The quantitative estimate of drug-likeness (QED) is 0.551. The van der Waals surface area contributed by atoms with Crippen molar-refractivity contribution in [2.75, 3.05) is 12.3 Å². The average molecular weight is 239 g/mol. The normalized spacial score (nSPS) is 10.7. The first kappa shape index (κ1) is 14.0. The second kappa shape index (κ2) is 8.07. The molecule has 1 rings (SSSR count). The molecule has 0 radical (unpaired) electrons. The summed E-state index contributed by atoms with van der Waals surface area (Å²) in [7, 11) is 0. The van der Waals surface area contributed by atoms with Crippen LogP contribution in [0.4, 0.5) is 10.1 Å². The minimum Gasteiger partial charge on any atom is -0.396 e. The zero-order valence-electron chi connectivity index (χ0n) is 10.5. The number of hydrogen-bond donors (Lipinski definition) is 1. The number of benzene rings is 1. The van der Waals surface area contributed by atoms with E-state index in [9.17, 15) is 4.39 Å². The molecule has 17 heavy (non-hydrogen) atoms. The number of halogens is 1. The van der Waals surface area contributed by atoms with Gasteiger partial charge in [0.15, 0.2) is 0 Å². The van der Waals surface area contributed by atoms with Gasteiger partial charge in [-0.2, -0.15) is 0 Å². The number of nitrogens with two attached hydrogens (primary N) is 1. The van der Waals surface area contributed by atoms with Gasteiger partial charge in [-0.1, -0.05) is 38.7 Å². The summed E-state index contributed by atoms with van der Waals surface area (Å²) in [6.45, 7) is 3.41. The lowest BCUT2D eigenvalue weighted by Crippen LogP contribution is -1.98. The summed E-state index contributed by atoms with van der Waals surface area (Å²) in [5, 5.41) is 0. The molecule has 0 spiro atoms. The topological polar surface area (TPSA) is 35.2 Å². The molecule has 3 heteroatoms. The maximum atomic E-state index is 13.1. The van der Waals surface area contributed by atoms with Crippen molar-refractivity contribution >= 4 is 5.69 Å². The van der Waals surface area contributed by atoms with Crippen molar-refractivity contribution in [2.45, 2.75) is 45.6 Å². The molecular weight excluding hydrogens is 217 g/mol. The van der Waals surface area contributed by atoms with Crippen LogP contribution in [0.3, 0.4) is 0 Å². The van der Waals surface area contributed by atoms with E-state index < -0.39 is 0 Å². The minimum atomic E-state index is -0.367. The van der Waals surface area contributed by atoms with Crippen LogP contribution >= 0.6 is 0 Å². The second-order valence-corrected chi connectivity index (χ2v) is 4.32. The van der Waals surface area contributed by atoms with Crippen LogP contribution in [0, 0.1) is 5.82 Å². The minimum absolute atomic E-state index is 0.188. The number of nitrogen functional groups attached to an aromatic ring is 1. The van der Waals surface area contributed by atoms with Gasteiger partial charge in [-0.05, 0) is 24.1 Å². The van der Waals surface area contributed by atoms with E-state index in [1.54, 1.807) is 12.1 Å². The van der Waals surface area contributed by atoms with Crippen molar-refractivity contribution in [1.82, 2.24) is 0 Å². The molecule has 1 aromatic carbocycles. The Kier molecular flexibility index (Phi) is 6.63. The molecule has 0 aliphatic carbocycles. The van der Waals surface area contributed by atoms with Gasteiger partial charge in [-0.15, -0.1) is 0 Å². The molecular formula is C14H22FNO. The predicted octanol–water partition coefficient (Wildman–Crippen LogP) is 3.89. The number of rotatable bonds is 8. The van der Waals surface area contributed by atoms with Crippen LogP contribution in [0.5, 0.6) is 0 Å². The van der Waals surface area contributed by atoms with E-state index in [1.165, 1.54) is 31.7 Å². The summed E-state index contributed by atoms with van der Waals surface area (Å²) < 4.78 is 18.6. The fourth-order valence-corrected chi connectivity index (χ4v) is 1.66. The maximum absolute atomic E-state index is 13.1. The summed E-state index contributed by atoms with van der Waals surface area (Å²) in [4.78, 5) is 0. The third-order valence-corrected chi connectivity index (χ3v) is 2.73. The summed E-state index contributed by atoms with van der Waals surface area (Å²) in [6, 6.07) is 4.82. The fraction of sp³-hybridized carbons (Fsp3) is 0.571. The van der Waals surface area contributed by atoms with Crippen LogP contribution in [0.15, 0.2) is 18.2 Å². The molecule has 0 bridgehead atoms. The number of anilines is 1. The van der Waals surface area contributed by atoms with Crippen LogP contribution in [0.1, 0.15) is 44.6 Å². The molecule has 0 atom stereocenters. The van der Waals surface area contributed by atoms with Crippen molar-refractivity contribution in [1.29, 1.82) is 0 Å². The van der Waals surface area contributed by atoms with E-state index in [4.69, 9.17) is 10.5 Å². The number of ether oxygens (including phenoxy) is 1. The molecule has 0 fully saturated rings. The Morgan fingerprint density at radius 3 is 2.65 bits per heavy atom. The largest absolute Gasteiger partial charge is 0.396 e. The molecule has 0 amide bonds. The molecule has 0 unspecified atom stereocenters. The molecule has 0 saturated heterocycles. The van der Waals surface area contributed by atoms with Crippen LogP contribution in [0.2, 0.25) is 0 Å². The highest BCUT2D eigenvalue weighted by molar-refractivity contribution is 5.41. The van der Waals surface area contributed by atoms with Crippen LogP contribution in [-0.4, -0.2) is 6.61 Å². The summed E-state index contributed by atoms with van der Waals surface area (Å²) in [5.41, 5.74) is 6.42. The first-order valence-corrected chi connectivity index (χ1v) is 6.35. The predicted molar refractivity (Wildman–Crippen MR) is 69.2 cm³/mol. The summed E-state index contributed by atoms with van der Waals surface area (Å²) >= 11 is 0. The SMILES string of the molecule is CCCCCCCOCc1ccc(N)c(F)c1. The van der Waals surface area contributed by atoms with E-state index in [0.29, 0.717) is 6.61 Å². The van der Waals surface area contributed by atoms with Gasteiger partial charge in [0.25, 0.3) is 0 Å². The molecule has 0 aliphatic rings. The molecule has 2 N–H and O–H groups in total.